The molecule has 2 aliphatic heterocycles. The Kier molecular flexibility index (Phi) is 8.58. The summed E-state index contributed by atoms with van der Waals surface area (Å²) in [6.07, 6.45) is 47.9. The van der Waals surface area contributed by atoms with Gasteiger partial charge in [-0.05, 0) is 148 Å². The van der Waals surface area contributed by atoms with Crippen molar-refractivity contribution in [2.24, 2.45) is 35.5 Å². The molecule has 50 heavy (non-hydrogen) atoms. The van der Waals surface area contributed by atoms with Crippen LogP contribution in [0.2, 0.25) is 0 Å². The van der Waals surface area contributed by atoms with Crippen molar-refractivity contribution in [1.29, 1.82) is 0 Å². The first-order chi connectivity index (χ1) is 24.8. The molecule has 1 saturated carbocycles. The van der Waals surface area contributed by atoms with Gasteiger partial charge < -0.3 is 9.80 Å². The molecule has 1 aromatic carbocycles. The van der Waals surface area contributed by atoms with Crippen molar-refractivity contribution in [3.8, 4) is 0 Å². The first-order valence-corrected chi connectivity index (χ1v) is 21.3. The Morgan fingerprint density at radius 1 is 0.640 bits per heavy atom. The zero-order valence-corrected chi connectivity index (χ0v) is 30.5. The fourth-order valence-electron chi connectivity index (χ4n) is 13.0. The second kappa shape index (κ2) is 13.5. The van der Waals surface area contributed by atoms with Gasteiger partial charge in [-0.1, -0.05) is 91.8 Å². The molecule has 1 saturated heterocycles. The average Bonchev–Trinajstić information content (AvgIpc) is 3.71. The van der Waals surface area contributed by atoms with Gasteiger partial charge in [0.1, 0.15) is 0 Å². The van der Waals surface area contributed by atoms with Crippen LogP contribution in [0.3, 0.4) is 0 Å². The molecule has 2 heteroatoms. The van der Waals surface area contributed by atoms with E-state index in [-0.39, 0.29) is 0 Å². The highest BCUT2D eigenvalue weighted by Gasteiger charge is 2.51. The molecule has 10 rings (SSSR count). The van der Waals surface area contributed by atoms with Gasteiger partial charge in [-0.15, -0.1) is 0 Å². The standard InChI is InChI=1S/C48H60N2/c1-3-15-33(16-4-1)35-27-36(34-17-5-2-6-18-34)29-37(28-35)38-30-39(49-45-23-11-7-19-41(45)42-20-8-12-24-46(42)49)32-40(31-38)50-47-25-13-9-21-43(47)44-22-10-14-26-48(44)50/h1,3-5,7,13,15-17,19,25,28,30-31,34,36-37,39,41,43-45,47-48H,2,6,8-12,14,18,20-24,26-27,29,32H2. The SMILES string of the molecule is C1=CC(C2CC(c3ccccc3)=CC(C3=CC(N4C5=C(CCCC5)C5C=CCCC54)CC(N4C5C=CCCC5C5CCCCC54)=C3)C2)CCC1. The molecule has 0 radical (unpaired) electrons. The van der Waals surface area contributed by atoms with Crippen molar-refractivity contribution in [3.63, 3.8) is 0 Å². The highest BCUT2D eigenvalue weighted by atomic mass is 15.3. The highest BCUT2D eigenvalue weighted by Crippen LogP contribution is 2.53. The number of hydrogen-bond acceptors (Lipinski definition) is 2. The molecular weight excluding hydrogens is 605 g/mol. The van der Waals surface area contributed by atoms with Crippen LogP contribution < -0.4 is 0 Å². The highest BCUT2D eigenvalue weighted by molar-refractivity contribution is 5.68. The molecule has 2 nitrogen and oxygen atoms in total. The quantitative estimate of drug-likeness (QED) is 0.289. The van der Waals surface area contributed by atoms with E-state index in [1.54, 1.807) is 22.5 Å². The molecule has 0 amide bonds. The molecular formula is C48H60N2. The first kappa shape index (κ1) is 31.7. The van der Waals surface area contributed by atoms with Gasteiger partial charge in [-0.2, -0.15) is 0 Å². The summed E-state index contributed by atoms with van der Waals surface area (Å²) in [5, 5.41) is 0. The summed E-state index contributed by atoms with van der Waals surface area (Å²) in [5.74, 6) is 4.34. The van der Waals surface area contributed by atoms with Gasteiger partial charge in [-0.3, -0.25) is 0 Å². The minimum Gasteiger partial charge on any atom is -0.365 e. The molecule has 0 aromatic heterocycles. The summed E-state index contributed by atoms with van der Waals surface area (Å²) < 4.78 is 0. The smallest absolute Gasteiger partial charge is 0.0534 e. The number of allylic oxidation sites excluding steroid dienone is 9. The van der Waals surface area contributed by atoms with E-state index < -0.39 is 0 Å². The second-order valence-electron chi connectivity index (χ2n) is 17.7. The fraction of sp³-hybridized carbons (Fsp3) is 0.583. The van der Waals surface area contributed by atoms with Crippen LogP contribution in [0.5, 0.6) is 0 Å². The van der Waals surface area contributed by atoms with E-state index in [4.69, 9.17) is 0 Å². The van der Waals surface area contributed by atoms with Gasteiger partial charge >= 0.3 is 0 Å². The van der Waals surface area contributed by atoms with Crippen LogP contribution in [-0.2, 0) is 0 Å². The van der Waals surface area contributed by atoms with Crippen molar-refractivity contribution >= 4 is 5.57 Å². The number of likely N-dealkylation sites (tertiary alicyclic amines) is 1. The zero-order valence-electron chi connectivity index (χ0n) is 30.5. The lowest BCUT2D eigenvalue weighted by molar-refractivity contribution is 0.163. The van der Waals surface area contributed by atoms with E-state index in [9.17, 15) is 0 Å². The molecule has 0 spiro atoms. The average molecular weight is 665 g/mol. The third kappa shape index (κ3) is 5.58. The summed E-state index contributed by atoms with van der Waals surface area (Å²) in [4.78, 5) is 6.13. The van der Waals surface area contributed by atoms with E-state index in [0.29, 0.717) is 30.0 Å². The van der Waals surface area contributed by atoms with Gasteiger partial charge in [0.25, 0.3) is 0 Å². The van der Waals surface area contributed by atoms with Crippen molar-refractivity contribution in [2.75, 3.05) is 0 Å². The molecule has 10 atom stereocenters. The van der Waals surface area contributed by atoms with Crippen LogP contribution in [0.25, 0.3) is 5.57 Å². The van der Waals surface area contributed by atoms with Crippen LogP contribution in [0.4, 0.5) is 0 Å². The van der Waals surface area contributed by atoms with Crippen molar-refractivity contribution in [2.45, 2.75) is 140 Å². The Bertz CT molecular complexity index is 1650. The lowest BCUT2D eigenvalue weighted by Crippen LogP contribution is -2.45. The van der Waals surface area contributed by atoms with E-state index >= 15 is 0 Å². The van der Waals surface area contributed by atoms with E-state index in [0.717, 1.165) is 29.7 Å². The summed E-state index contributed by atoms with van der Waals surface area (Å²) in [6, 6.07) is 13.9. The predicted molar refractivity (Wildman–Crippen MR) is 208 cm³/mol. The molecule has 2 heterocycles. The van der Waals surface area contributed by atoms with Crippen molar-refractivity contribution < 1.29 is 0 Å². The van der Waals surface area contributed by atoms with Crippen LogP contribution >= 0.6 is 0 Å². The molecule has 2 fully saturated rings. The normalized spacial score (nSPS) is 39.3. The minimum atomic E-state index is 0.479. The van der Waals surface area contributed by atoms with Gasteiger partial charge in [0.2, 0.25) is 0 Å². The third-order valence-electron chi connectivity index (χ3n) is 15.1. The molecule has 0 N–H and O–H groups in total. The van der Waals surface area contributed by atoms with Gasteiger partial charge in [-0.25, -0.2) is 0 Å². The van der Waals surface area contributed by atoms with Crippen LogP contribution in [0, 0.1) is 35.5 Å². The molecule has 10 unspecified atom stereocenters. The fourth-order valence-corrected chi connectivity index (χ4v) is 13.0. The summed E-state index contributed by atoms with van der Waals surface area (Å²) in [5.41, 5.74) is 9.99. The lowest BCUT2D eigenvalue weighted by atomic mass is 9.69. The number of hydrogen-bond donors (Lipinski definition) is 0. The summed E-state index contributed by atoms with van der Waals surface area (Å²) in [6.45, 7) is 0. The van der Waals surface area contributed by atoms with Crippen molar-refractivity contribution in [1.82, 2.24) is 9.80 Å². The number of benzene rings is 1. The zero-order chi connectivity index (χ0) is 33.0. The van der Waals surface area contributed by atoms with Gasteiger partial charge in [0.15, 0.2) is 0 Å². The Labute approximate surface area is 302 Å². The largest absolute Gasteiger partial charge is 0.365 e. The lowest BCUT2D eigenvalue weighted by Gasteiger charge is -2.45. The molecule has 262 valence electrons. The molecule has 9 aliphatic rings. The maximum atomic E-state index is 3.07. The monoisotopic (exact) mass is 664 g/mol. The Hall–Kier alpha value is -3.00. The number of rotatable bonds is 5. The topological polar surface area (TPSA) is 6.48 Å². The maximum absolute atomic E-state index is 3.07. The second-order valence-corrected chi connectivity index (χ2v) is 17.7. The Morgan fingerprint density at radius 3 is 2.42 bits per heavy atom. The van der Waals surface area contributed by atoms with Crippen LogP contribution in [0.15, 0.2) is 108 Å². The van der Waals surface area contributed by atoms with E-state index in [1.807, 2.05) is 5.57 Å². The minimum absolute atomic E-state index is 0.479. The number of nitrogens with zero attached hydrogens (tertiary/aromatic N) is 2. The predicted octanol–water partition coefficient (Wildman–Crippen LogP) is 11.7. The summed E-state index contributed by atoms with van der Waals surface area (Å²) >= 11 is 0. The first-order valence-electron chi connectivity index (χ1n) is 21.3. The Balaban J connectivity index is 1.08. The van der Waals surface area contributed by atoms with Crippen molar-refractivity contribution in [3.05, 3.63) is 113 Å². The third-order valence-corrected chi connectivity index (χ3v) is 15.1. The van der Waals surface area contributed by atoms with Gasteiger partial charge in [0, 0.05) is 41.7 Å². The molecule has 0 bridgehead atoms. The molecule has 1 aromatic rings. The van der Waals surface area contributed by atoms with Gasteiger partial charge in [0.05, 0.1) is 12.1 Å². The van der Waals surface area contributed by atoms with Crippen LogP contribution in [-0.4, -0.2) is 34.0 Å². The van der Waals surface area contributed by atoms with E-state index in [2.05, 4.69) is 94.8 Å². The maximum Gasteiger partial charge on any atom is 0.0534 e. The summed E-state index contributed by atoms with van der Waals surface area (Å²) in [7, 11) is 0. The number of fused-ring (bicyclic) bond motifs is 5. The van der Waals surface area contributed by atoms with E-state index in [1.165, 1.54) is 121 Å². The Morgan fingerprint density at radius 2 is 1.50 bits per heavy atom. The molecule has 7 aliphatic carbocycles. The van der Waals surface area contributed by atoms with Crippen LogP contribution in [0.1, 0.15) is 121 Å².